The molecule has 2 aliphatic rings. The second-order valence-electron chi connectivity index (χ2n) is 7.11. The molecule has 3 heterocycles. The Morgan fingerprint density at radius 2 is 1.64 bits per heavy atom. The molecule has 4 N–H and O–H groups in total. The van der Waals surface area contributed by atoms with E-state index in [1.807, 2.05) is 6.07 Å². The maximum atomic E-state index is 11.2. The van der Waals surface area contributed by atoms with E-state index in [1.165, 1.54) is 32.1 Å². The Morgan fingerprint density at radius 1 is 1.00 bits per heavy atom. The number of rotatable bonds is 2. The number of anilines is 2. The molecule has 8 heteroatoms. The molecule has 0 bridgehead atoms. The summed E-state index contributed by atoms with van der Waals surface area (Å²) in [7, 11) is 1.00. The molecule has 1 amide bonds. The van der Waals surface area contributed by atoms with Gasteiger partial charge in [-0.3, -0.25) is 9.78 Å². The van der Waals surface area contributed by atoms with Crippen LogP contribution < -0.4 is 10.6 Å². The van der Waals surface area contributed by atoms with Gasteiger partial charge < -0.3 is 20.8 Å². The van der Waals surface area contributed by atoms with Crippen LogP contribution >= 0.6 is 0 Å². The van der Waals surface area contributed by atoms with Gasteiger partial charge in [0.2, 0.25) is 5.91 Å². The smallest absolute Gasteiger partial charge is 0.244 e. The van der Waals surface area contributed by atoms with Gasteiger partial charge in [-0.2, -0.15) is 0 Å². The van der Waals surface area contributed by atoms with Crippen molar-refractivity contribution in [1.29, 1.82) is 0 Å². The molecule has 154 valence electrons. The third-order valence-corrected chi connectivity index (χ3v) is 4.38. The number of hydrogen-bond donors (Lipinski definition) is 4. The number of aromatic nitrogens is 3. The van der Waals surface area contributed by atoms with Crippen LogP contribution in [0.3, 0.4) is 0 Å². The van der Waals surface area contributed by atoms with Gasteiger partial charge in [0.15, 0.2) is 11.6 Å². The van der Waals surface area contributed by atoms with Crippen molar-refractivity contribution in [3.8, 4) is 11.3 Å². The number of aliphatic hydroxyl groups is 2. The summed E-state index contributed by atoms with van der Waals surface area (Å²) in [6, 6.07) is 3.59. The Labute approximate surface area is 166 Å². The van der Waals surface area contributed by atoms with Crippen molar-refractivity contribution in [2.75, 3.05) is 24.3 Å². The molecule has 1 aliphatic heterocycles. The first kappa shape index (κ1) is 21.7. The summed E-state index contributed by atoms with van der Waals surface area (Å²) >= 11 is 0. The molecule has 2 aromatic rings. The van der Waals surface area contributed by atoms with E-state index in [1.54, 1.807) is 32.3 Å². The van der Waals surface area contributed by atoms with Crippen LogP contribution in [0.1, 0.15) is 53.1 Å². The quantitative estimate of drug-likeness (QED) is 0.623. The van der Waals surface area contributed by atoms with Gasteiger partial charge in [-0.25, -0.2) is 9.97 Å². The highest BCUT2D eigenvalue weighted by Crippen LogP contribution is 2.25. The largest absolute Gasteiger partial charge is 0.400 e. The van der Waals surface area contributed by atoms with E-state index in [2.05, 4.69) is 25.6 Å². The number of pyridine rings is 1. The third kappa shape index (κ3) is 5.97. The molecule has 0 spiro atoms. The van der Waals surface area contributed by atoms with Crippen molar-refractivity contribution in [3.63, 3.8) is 0 Å². The zero-order valence-electron chi connectivity index (χ0n) is 16.7. The van der Waals surface area contributed by atoms with Crippen molar-refractivity contribution >= 4 is 17.5 Å². The Bertz CT molecular complexity index is 767. The number of amides is 1. The van der Waals surface area contributed by atoms with E-state index in [0.29, 0.717) is 23.0 Å². The molecule has 0 unspecified atom stereocenters. The molecule has 0 aromatic carbocycles. The van der Waals surface area contributed by atoms with E-state index in [4.69, 9.17) is 5.11 Å². The zero-order valence-corrected chi connectivity index (χ0v) is 16.7. The molecular weight excluding hydrogens is 358 g/mol. The first-order valence-electron chi connectivity index (χ1n) is 9.48. The Morgan fingerprint density at radius 3 is 2.18 bits per heavy atom. The van der Waals surface area contributed by atoms with Crippen LogP contribution in [0.25, 0.3) is 11.3 Å². The van der Waals surface area contributed by atoms with Gasteiger partial charge in [0.25, 0.3) is 0 Å². The Kier molecular flexibility index (Phi) is 7.83. The highest BCUT2D eigenvalue weighted by Gasteiger charge is 2.19. The molecule has 28 heavy (non-hydrogen) atoms. The predicted molar refractivity (Wildman–Crippen MR) is 111 cm³/mol. The van der Waals surface area contributed by atoms with Crippen LogP contribution in [0.2, 0.25) is 0 Å². The van der Waals surface area contributed by atoms with Crippen LogP contribution in [0.15, 0.2) is 24.5 Å². The Balaban J connectivity index is 0.000000452. The van der Waals surface area contributed by atoms with Crippen LogP contribution in [0, 0.1) is 0 Å². The molecule has 0 radical (unpaired) electrons. The zero-order chi connectivity index (χ0) is 20.6. The van der Waals surface area contributed by atoms with E-state index in [-0.39, 0.29) is 13.9 Å². The second-order valence-corrected chi connectivity index (χ2v) is 7.11. The van der Waals surface area contributed by atoms with Gasteiger partial charge in [0.05, 0.1) is 24.1 Å². The molecule has 8 nitrogen and oxygen atoms in total. The topological polar surface area (TPSA) is 120 Å². The fraction of sp³-hybridized carbons (Fsp3) is 0.500. The van der Waals surface area contributed by atoms with Gasteiger partial charge in [0, 0.05) is 20.3 Å². The summed E-state index contributed by atoms with van der Waals surface area (Å²) < 4.78 is 0. The summed E-state index contributed by atoms with van der Waals surface area (Å²) in [5.74, 6) is 0.829. The van der Waals surface area contributed by atoms with Gasteiger partial charge in [-0.05, 0) is 26.0 Å². The monoisotopic (exact) mass is 389 g/mol. The lowest BCUT2D eigenvalue weighted by molar-refractivity contribution is -0.114. The van der Waals surface area contributed by atoms with E-state index in [9.17, 15) is 9.90 Å². The Hall–Kier alpha value is -2.58. The average Bonchev–Trinajstić information content (AvgIpc) is 3.29. The minimum absolute atomic E-state index is 0. The number of aliphatic hydroxyl groups excluding tert-OH is 1. The first-order valence-corrected chi connectivity index (χ1v) is 9.48. The highest BCUT2D eigenvalue weighted by molar-refractivity contribution is 5.98. The maximum absolute atomic E-state index is 11.2. The van der Waals surface area contributed by atoms with Gasteiger partial charge >= 0.3 is 0 Å². The van der Waals surface area contributed by atoms with Crippen LogP contribution in [0.5, 0.6) is 0 Å². The summed E-state index contributed by atoms with van der Waals surface area (Å²) in [5, 5.41) is 22.4. The standard InChI is InChI=1S/C14H15N5O2.C5H10.CH4O.H2/c1-14(2,21)10-4-3-8(5-15-10)9-6-16-13-12(18-9)17-7-11(20)19-13;1-2-4-5-3-1;1-2;/h3-6,21H,7H2,1-2H3,(H,17,18)(H,16,19,20);1-5H2;2H,1H3;1H. The molecule has 1 fully saturated rings. The van der Waals surface area contributed by atoms with Crippen molar-refractivity contribution < 1.29 is 16.4 Å². The number of fused-ring (bicyclic) bond motifs is 1. The van der Waals surface area contributed by atoms with Crippen molar-refractivity contribution in [3.05, 3.63) is 30.2 Å². The van der Waals surface area contributed by atoms with Crippen molar-refractivity contribution in [2.45, 2.75) is 51.6 Å². The average molecular weight is 390 g/mol. The lowest BCUT2D eigenvalue weighted by Gasteiger charge is -2.18. The lowest BCUT2D eigenvalue weighted by atomic mass is 10.0. The number of carbonyl (C=O) groups is 1. The molecule has 1 aliphatic carbocycles. The van der Waals surface area contributed by atoms with Gasteiger partial charge in [0.1, 0.15) is 5.60 Å². The van der Waals surface area contributed by atoms with Crippen LogP contribution in [-0.4, -0.2) is 44.7 Å². The first-order chi connectivity index (χ1) is 13.4. The molecule has 4 rings (SSSR count). The summed E-state index contributed by atoms with van der Waals surface area (Å²) in [4.78, 5) is 24.1. The normalized spacial score (nSPS) is 15.1. The fourth-order valence-corrected chi connectivity index (χ4v) is 2.87. The van der Waals surface area contributed by atoms with E-state index < -0.39 is 5.60 Å². The minimum atomic E-state index is -0.980. The van der Waals surface area contributed by atoms with Crippen molar-refractivity contribution in [1.82, 2.24) is 15.0 Å². The van der Waals surface area contributed by atoms with Crippen LogP contribution in [-0.2, 0) is 10.4 Å². The van der Waals surface area contributed by atoms with Crippen LogP contribution in [0.4, 0.5) is 11.6 Å². The van der Waals surface area contributed by atoms with E-state index >= 15 is 0 Å². The lowest BCUT2D eigenvalue weighted by Crippen LogP contribution is -2.28. The number of carbonyl (C=O) groups excluding carboxylic acids is 1. The minimum Gasteiger partial charge on any atom is -0.400 e. The van der Waals surface area contributed by atoms with Gasteiger partial charge in [-0.1, -0.05) is 32.1 Å². The summed E-state index contributed by atoms with van der Waals surface area (Å²) in [5.41, 5.74) is 1.04. The SMILES string of the molecule is C1CCCC1.CC(C)(O)c1ccc(-c2cnc3c(n2)NCC(=O)N3)cn1.CO.[HH]. The molecule has 0 saturated heterocycles. The second kappa shape index (κ2) is 10.1. The molecule has 1 saturated carbocycles. The third-order valence-electron chi connectivity index (χ3n) is 4.38. The highest BCUT2D eigenvalue weighted by atomic mass is 16.3. The summed E-state index contributed by atoms with van der Waals surface area (Å²) in [6.45, 7) is 3.54. The predicted octanol–water partition coefficient (Wildman–Crippen LogP) is 2.94. The molecule has 0 atom stereocenters. The van der Waals surface area contributed by atoms with Crippen molar-refractivity contribution in [2.24, 2.45) is 0 Å². The number of nitrogens with one attached hydrogen (secondary N) is 2. The van der Waals surface area contributed by atoms with Gasteiger partial charge in [-0.15, -0.1) is 0 Å². The fourth-order valence-electron chi connectivity index (χ4n) is 2.87. The van der Waals surface area contributed by atoms with E-state index in [0.717, 1.165) is 12.7 Å². The molecule has 2 aromatic heterocycles. The maximum Gasteiger partial charge on any atom is 0.244 e. The number of hydrogen-bond acceptors (Lipinski definition) is 7. The summed E-state index contributed by atoms with van der Waals surface area (Å²) in [6.07, 6.45) is 10.7. The number of nitrogens with zero attached hydrogens (tertiary/aromatic N) is 3. The molecular formula is C20H31N5O3.